The number of benzene rings is 4. The molecule has 0 N–H and O–H groups in total. The maximum Gasteiger partial charge on any atom is 0.113 e. The second-order valence-electron chi connectivity index (χ2n) is 20.2. The first-order valence-electron chi connectivity index (χ1n) is 23.9. The highest BCUT2D eigenvalue weighted by molar-refractivity contribution is 7.09. The van der Waals surface area contributed by atoms with Crippen molar-refractivity contribution in [3.8, 4) is 22.3 Å². The number of rotatable bonds is 10. The smallest absolute Gasteiger partial charge is 0.0652 e. The van der Waals surface area contributed by atoms with Crippen LogP contribution in [-0.4, -0.2) is 8.07 Å². The molecule has 0 aromatic heterocycles. The molecular weight excluding hydrogens is 701 g/mol. The second kappa shape index (κ2) is 16.3. The molecule has 0 heterocycles. The maximum absolute atomic E-state index is 2.80. The quantitative estimate of drug-likeness (QED) is 0.141. The standard InChI is InChI=1S/C56H68Si/c1-57(2,55-49(35-39-15-9-10-16-39)37-47-23-13-25-51(53(47)55)45-31-27-43(28-32-45)41-19-5-3-6-20-41)56-50(36-40-17-11-12-18-40)38-48-24-14-26-52(54(48)56)46-33-29-44(30-34-46)42-21-7-4-8-22-42/h13-14,23-34,39-42H,3-12,15-22,35-38H2,1-2H3. The largest absolute Gasteiger partial charge is 0.113 e. The van der Waals surface area contributed by atoms with Gasteiger partial charge in [-0.15, -0.1) is 0 Å². The first kappa shape index (κ1) is 37.8. The van der Waals surface area contributed by atoms with Crippen molar-refractivity contribution in [2.75, 3.05) is 0 Å². The van der Waals surface area contributed by atoms with Gasteiger partial charge >= 0.3 is 0 Å². The number of allylic oxidation sites excluding steroid dienone is 2. The second-order valence-corrected chi connectivity index (χ2v) is 24.5. The van der Waals surface area contributed by atoms with Gasteiger partial charge < -0.3 is 0 Å². The van der Waals surface area contributed by atoms with Gasteiger partial charge in [-0.2, -0.15) is 0 Å². The van der Waals surface area contributed by atoms with Gasteiger partial charge in [-0.25, -0.2) is 0 Å². The van der Waals surface area contributed by atoms with E-state index >= 15 is 0 Å². The lowest BCUT2D eigenvalue weighted by Gasteiger charge is -2.33. The summed E-state index contributed by atoms with van der Waals surface area (Å²) in [5, 5.41) is 3.65. The van der Waals surface area contributed by atoms with Gasteiger partial charge in [-0.1, -0.05) is 199 Å². The molecule has 1 heteroatoms. The Labute approximate surface area is 346 Å². The summed E-state index contributed by atoms with van der Waals surface area (Å²) >= 11 is 0. The molecule has 6 aliphatic rings. The van der Waals surface area contributed by atoms with Crippen LogP contribution in [0.15, 0.2) is 96.1 Å². The summed E-state index contributed by atoms with van der Waals surface area (Å²) in [7, 11) is -2.25. The Morgan fingerprint density at radius 1 is 0.421 bits per heavy atom. The Balaban J connectivity index is 1.10. The van der Waals surface area contributed by atoms with E-state index in [1.165, 1.54) is 151 Å². The predicted octanol–water partition coefficient (Wildman–Crippen LogP) is 16.4. The van der Waals surface area contributed by atoms with Crippen molar-refractivity contribution < 1.29 is 0 Å². The van der Waals surface area contributed by atoms with Crippen LogP contribution >= 0.6 is 0 Å². The van der Waals surface area contributed by atoms with E-state index in [0.717, 1.165) is 36.5 Å². The third-order valence-electron chi connectivity index (χ3n) is 16.2. The average Bonchev–Trinajstić information content (AvgIpc) is 4.09. The Kier molecular flexibility index (Phi) is 10.8. The van der Waals surface area contributed by atoms with Crippen LogP contribution in [0.3, 0.4) is 0 Å². The van der Waals surface area contributed by atoms with Gasteiger partial charge in [-0.3, -0.25) is 0 Å². The summed E-state index contributed by atoms with van der Waals surface area (Å²) in [4.78, 5) is 0. The van der Waals surface area contributed by atoms with Crippen LogP contribution in [0.5, 0.6) is 0 Å². The number of hydrogen-bond donors (Lipinski definition) is 0. The lowest BCUT2D eigenvalue weighted by molar-refractivity contribution is 0.443. The Morgan fingerprint density at radius 3 is 1.18 bits per heavy atom. The molecule has 0 spiro atoms. The zero-order valence-electron chi connectivity index (χ0n) is 35.4. The monoisotopic (exact) mass is 769 g/mol. The minimum Gasteiger partial charge on any atom is -0.0652 e. The predicted molar refractivity (Wildman–Crippen MR) is 247 cm³/mol. The summed E-state index contributed by atoms with van der Waals surface area (Å²) in [5.41, 5.74) is 19.1. The molecule has 0 amide bonds. The van der Waals surface area contributed by atoms with Crippen LogP contribution in [0.4, 0.5) is 0 Å². The molecule has 0 saturated heterocycles. The summed E-state index contributed by atoms with van der Waals surface area (Å²) in [5.74, 6) is 3.21. The third kappa shape index (κ3) is 7.43. The van der Waals surface area contributed by atoms with Crippen molar-refractivity contribution in [3.63, 3.8) is 0 Å². The van der Waals surface area contributed by atoms with Gasteiger partial charge in [0.05, 0.1) is 0 Å². The summed E-state index contributed by atoms with van der Waals surface area (Å²) in [6.07, 6.45) is 30.2. The van der Waals surface area contributed by atoms with Crippen molar-refractivity contribution in [1.82, 2.24) is 0 Å². The molecule has 0 bridgehead atoms. The van der Waals surface area contributed by atoms with Gasteiger partial charge in [0.1, 0.15) is 8.07 Å². The van der Waals surface area contributed by atoms with E-state index in [1.807, 2.05) is 21.5 Å². The van der Waals surface area contributed by atoms with Crippen molar-refractivity contribution >= 4 is 18.5 Å². The van der Waals surface area contributed by atoms with E-state index < -0.39 is 8.07 Å². The fourth-order valence-electron chi connectivity index (χ4n) is 13.4. The summed E-state index contributed by atoms with van der Waals surface area (Å²) < 4.78 is 0. The Hall–Kier alpha value is -3.42. The Bertz CT molecular complexity index is 1960. The minimum absolute atomic E-state index is 0.749. The van der Waals surface area contributed by atoms with Crippen LogP contribution in [0.2, 0.25) is 13.1 Å². The van der Waals surface area contributed by atoms with E-state index in [2.05, 4.69) is 98.0 Å². The first-order valence-corrected chi connectivity index (χ1v) is 26.9. The van der Waals surface area contributed by atoms with Crippen LogP contribution < -0.4 is 0 Å². The zero-order valence-corrected chi connectivity index (χ0v) is 36.4. The lowest BCUT2D eigenvalue weighted by atomic mass is 9.83. The Morgan fingerprint density at radius 2 is 0.789 bits per heavy atom. The summed E-state index contributed by atoms with van der Waals surface area (Å²) in [6.45, 7) is 5.61. The zero-order chi connectivity index (χ0) is 38.3. The minimum atomic E-state index is -2.25. The molecule has 57 heavy (non-hydrogen) atoms. The van der Waals surface area contributed by atoms with E-state index in [4.69, 9.17) is 0 Å². The van der Waals surface area contributed by atoms with Crippen LogP contribution in [0.25, 0.3) is 32.6 Å². The topological polar surface area (TPSA) is 0 Å². The molecule has 6 aliphatic carbocycles. The van der Waals surface area contributed by atoms with E-state index in [-0.39, 0.29) is 0 Å². The molecule has 4 saturated carbocycles. The molecule has 4 fully saturated rings. The van der Waals surface area contributed by atoms with Crippen molar-refractivity contribution in [2.45, 2.75) is 166 Å². The van der Waals surface area contributed by atoms with Crippen molar-refractivity contribution in [1.29, 1.82) is 0 Å². The van der Waals surface area contributed by atoms with Gasteiger partial charge in [0, 0.05) is 0 Å². The fraction of sp³-hybridized carbons (Fsp3) is 0.500. The van der Waals surface area contributed by atoms with Gasteiger partial charge in [-0.05, 0) is 141 Å². The molecular formula is C56H68Si. The summed E-state index contributed by atoms with van der Waals surface area (Å²) in [6, 6.07) is 34.8. The lowest BCUT2D eigenvalue weighted by Crippen LogP contribution is -2.32. The molecule has 0 radical (unpaired) electrons. The molecule has 10 rings (SSSR count). The SMILES string of the molecule is C[Si](C)(C1=C(CC2CCCC2)Cc2cccc(-c3ccc(C4CCCCC4)cc3)c21)C1=C(CC2CCCC2)Cc2cccc(-c3ccc(C4CCCCC4)cc3)c21. The number of fused-ring (bicyclic) bond motifs is 2. The van der Waals surface area contributed by atoms with Crippen molar-refractivity contribution in [2.24, 2.45) is 11.8 Å². The molecule has 4 aromatic carbocycles. The van der Waals surface area contributed by atoms with Gasteiger partial charge in [0.15, 0.2) is 0 Å². The fourth-order valence-corrected chi connectivity index (χ4v) is 17.6. The normalized spacial score (nSPS) is 21.2. The maximum atomic E-state index is 2.80. The van der Waals surface area contributed by atoms with E-state index in [0.29, 0.717) is 0 Å². The van der Waals surface area contributed by atoms with Crippen LogP contribution in [0.1, 0.15) is 174 Å². The van der Waals surface area contributed by atoms with Gasteiger partial charge in [0.2, 0.25) is 0 Å². The van der Waals surface area contributed by atoms with Gasteiger partial charge in [0.25, 0.3) is 0 Å². The average molecular weight is 769 g/mol. The molecule has 4 aromatic rings. The first-order chi connectivity index (χ1) is 28.0. The highest BCUT2D eigenvalue weighted by Crippen LogP contribution is 2.55. The molecule has 0 nitrogen and oxygen atoms in total. The van der Waals surface area contributed by atoms with Crippen molar-refractivity contribution in [3.05, 3.63) is 129 Å². The highest BCUT2D eigenvalue weighted by atomic mass is 28.3. The number of hydrogen-bond acceptors (Lipinski definition) is 0. The molecule has 0 atom stereocenters. The third-order valence-corrected chi connectivity index (χ3v) is 19.9. The van der Waals surface area contributed by atoms with Crippen LogP contribution in [-0.2, 0) is 12.8 Å². The van der Waals surface area contributed by atoms with E-state index in [1.54, 1.807) is 33.4 Å². The molecule has 0 unspecified atom stereocenters. The van der Waals surface area contributed by atoms with Crippen LogP contribution in [0, 0.1) is 11.8 Å². The van der Waals surface area contributed by atoms with E-state index in [9.17, 15) is 0 Å². The molecule has 0 aliphatic heterocycles. The molecule has 296 valence electrons. The highest BCUT2D eigenvalue weighted by Gasteiger charge is 2.44.